The summed E-state index contributed by atoms with van der Waals surface area (Å²) < 4.78 is 16.4. The van der Waals surface area contributed by atoms with Gasteiger partial charge in [0.25, 0.3) is 0 Å². The van der Waals surface area contributed by atoms with Gasteiger partial charge in [0.2, 0.25) is 0 Å². The van der Waals surface area contributed by atoms with Crippen molar-refractivity contribution < 1.29 is 19.0 Å². The number of carbonyl (C=O) groups excluding carboxylic acids is 1. The molecule has 1 aliphatic carbocycles. The van der Waals surface area contributed by atoms with Crippen molar-refractivity contribution in [1.82, 2.24) is 10.4 Å². The normalized spacial score (nSPS) is 21.3. The lowest BCUT2D eigenvalue weighted by Crippen LogP contribution is -2.47. The molecule has 1 N–H and O–H groups in total. The van der Waals surface area contributed by atoms with E-state index in [1.54, 1.807) is 25.6 Å². The smallest absolute Gasteiger partial charge is 0.305 e. The van der Waals surface area contributed by atoms with Gasteiger partial charge in [0.15, 0.2) is 11.5 Å². The summed E-state index contributed by atoms with van der Waals surface area (Å²) in [4.78, 5) is 19.8. The minimum absolute atomic E-state index is 0.00381. The van der Waals surface area contributed by atoms with Crippen LogP contribution in [0.25, 0.3) is 0 Å². The van der Waals surface area contributed by atoms with Gasteiger partial charge >= 0.3 is 5.97 Å². The number of nitrogens with zero attached hydrogens (tertiary/aromatic N) is 3. The highest BCUT2D eigenvalue weighted by atomic mass is 35.5. The molecule has 1 fully saturated rings. The Morgan fingerprint density at radius 3 is 2.73 bits per heavy atom. The van der Waals surface area contributed by atoms with Crippen LogP contribution in [0.4, 0.5) is 5.69 Å². The number of hydrogen-bond donors (Lipinski definition) is 1. The molecule has 0 radical (unpaired) electrons. The second-order valence-electron chi connectivity index (χ2n) is 10.4. The third kappa shape index (κ3) is 5.74. The quantitative estimate of drug-likeness (QED) is 0.270. The van der Waals surface area contributed by atoms with Gasteiger partial charge in [-0.1, -0.05) is 23.7 Å². The van der Waals surface area contributed by atoms with Crippen LogP contribution < -0.4 is 19.8 Å². The average molecular weight is 613 g/mol. The Morgan fingerprint density at radius 1 is 1.12 bits per heavy atom. The highest BCUT2D eigenvalue weighted by Gasteiger charge is 2.46. The van der Waals surface area contributed by atoms with Crippen molar-refractivity contribution in [3.05, 3.63) is 68.6 Å². The van der Waals surface area contributed by atoms with Crippen molar-refractivity contribution in [1.29, 1.82) is 0 Å². The lowest BCUT2D eigenvalue weighted by molar-refractivity contribution is -0.140. The van der Waals surface area contributed by atoms with Crippen molar-refractivity contribution in [3.63, 3.8) is 0 Å². The molecule has 41 heavy (non-hydrogen) atoms. The number of hydrazone groups is 1. The number of aromatic nitrogens is 1. The summed E-state index contributed by atoms with van der Waals surface area (Å²) in [5, 5.41) is 6.76. The van der Waals surface area contributed by atoms with Crippen LogP contribution in [0.2, 0.25) is 5.02 Å². The number of thiazole rings is 1. The Labute approximate surface area is 253 Å². The Balaban J connectivity index is 1.35. The maximum Gasteiger partial charge on any atom is 0.305 e. The summed E-state index contributed by atoms with van der Waals surface area (Å²) in [6.45, 7) is 0. The van der Waals surface area contributed by atoms with Crippen molar-refractivity contribution in [2.45, 2.75) is 55.2 Å². The number of nitrogens with one attached hydrogen (secondary N) is 1. The molecule has 2 aliphatic heterocycles. The van der Waals surface area contributed by atoms with Gasteiger partial charge in [-0.3, -0.25) is 10.2 Å². The van der Waals surface area contributed by atoms with Crippen LogP contribution >= 0.6 is 34.7 Å². The van der Waals surface area contributed by atoms with Crippen LogP contribution in [0.1, 0.15) is 51.9 Å². The third-order valence-corrected chi connectivity index (χ3v) is 10.7. The van der Waals surface area contributed by atoms with E-state index in [0.717, 1.165) is 64.0 Å². The van der Waals surface area contributed by atoms with Crippen LogP contribution in [0.5, 0.6) is 11.5 Å². The van der Waals surface area contributed by atoms with E-state index < -0.39 is 0 Å². The number of para-hydroxylation sites is 1. The molecule has 3 atom stereocenters. The number of methoxy groups -OCH3 is 3. The number of thioether (sulfide) groups is 1. The van der Waals surface area contributed by atoms with Gasteiger partial charge < -0.3 is 19.1 Å². The summed E-state index contributed by atoms with van der Waals surface area (Å²) in [6.07, 6.45) is 6.92. The van der Waals surface area contributed by atoms with Gasteiger partial charge in [0.05, 0.1) is 38.0 Å². The maximum atomic E-state index is 11.6. The third-order valence-electron chi connectivity index (χ3n) is 7.74. The minimum atomic E-state index is -0.202. The zero-order chi connectivity index (χ0) is 28.5. The molecule has 3 aromatic rings. The number of fused-ring (bicyclic) bond motifs is 3. The van der Waals surface area contributed by atoms with Gasteiger partial charge in [0, 0.05) is 44.9 Å². The lowest BCUT2D eigenvalue weighted by Gasteiger charge is -2.31. The second-order valence-corrected chi connectivity index (χ2v) is 13.3. The molecule has 1 unspecified atom stereocenters. The average Bonchev–Trinajstić information content (AvgIpc) is 3.62. The summed E-state index contributed by atoms with van der Waals surface area (Å²) in [7, 11) is 4.78. The second kappa shape index (κ2) is 12.1. The number of amidine groups is 1. The minimum Gasteiger partial charge on any atom is -0.493 e. The molecule has 216 valence electrons. The number of rotatable bonds is 10. The standard InChI is InChI=1S/C30H33ClN4O4S2/c1-37-23-6-4-5-20(27(23)39-3)28-21-15-18(31)9-11-22(21)35-29(17-7-8-17)33-34-30(35)24(41-28)12-13-25-32-16-19(40-25)10-14-26(36)38-2/h4-6,9,11,15-17,24,28,30,34H,7-8,10,12-14H2,1-3H3/t24-,28-,30?/m1/s1. The van der Waals surface area contributed by atoms with Gasteiger partial charge in [-0.25, -0.2) is 4.98 Å². The Morgan fingerprint density at radius 2 is 1.98 bits per heavy atom. The first-order valence-corrected chi connectivity index (χ1v) is 15.9. The number of halogens is 1. The molecule has 2 aromatic carbocycles. The number of hydrogen-bond acceptors (Lipinski definition) is 10. The molecule has 0 amide bonds. The SMILES string of the molecule is COC(=O)CCc1cnc(CC[C@H]2S[C@H](c3cccc(OC)c3OC)c3cc(Cl)ccc3N3C(C4CC4)=NNC23)s1. The van der Waals surface area contributed by atoms with Gasteiger partial charge in [-0.2, -0.15) is 5.10 Å². The zero-order valence-electron chi connectivity index (χ0n) is 23.3. The Hall–Kier alpha value is -2.95. The predicted octanol–water partition coefficient (Wildman–Crippen LogP) is 6.22. The van der Waals surface area contributed by atoms with E-state index in [0.29, 0.717) is 29.5 Å². The predicted molar refractivity (Wildman–Crippen MR) is 165 cm³/mol. The fraction of sp³-hybridized carbons (Fsp3) is 0.433. The molecular formula is C30H33ClN4O4S2. The number of benzene rings is 2. The van der Waals surface area contributed by atoms with Crippen LogP contribution in [-0.2, 0) is 22.4 Å². The molecule has 3 heterocycles. The fourth-order valence-corrected chi connectivity index (χ4v) is 8.29. The lowest BCUT2D eigenvalue weighted by atomic mass is 9.99. The molecule has 1 saturated carbocycles. The molecule has 0 saturated heterocycles. The van der Waals surface area contributed by atoms with Crippen molar-refractivity contribution >= 4 is 52.2 Å². The van der Waals surface area contributed by atoms with E-state index in [1.165, 1.54) is 7.11 Å². The number of esters is 1. The fourth-order valence-electron chi connectivity index (χ4n) is 5.57. The highest BCUT2D eigenvalue weighted by molar-refractivity contribution is 8.00. The maximum absolute atomic E-state index is 11.6. The number of carbonyl (C=O) groups is 1. The molecule has 11 heteroatoms. The first-order valence-electron chi connectivity index (χ1n) is 13.8. The van der Waals surface area contributed by atoms with Gasteiger partial charge in [-0.15, -0.1) is 23.1 Å². The number of ether oxygens (including phenoxy) is 3. The van der Waals surface area contributed by atoms with E-state index in [2.05, 4.69) is 33.5 Å². The van der Waals surface area contributed by atoms with Crippen LogP contribution in [-0.4, -0.2) is 49.5 Å². The molecule has 0 spiro atoms. The van der Waals surface area contributed by atoms with Crippen LogP contribution in [0.15, 0.2) is 47.7 Å². The summed E-state index contributed by atoms with van der Waals surface area (Å²) >= 11 is 10.2. The highest BCUT2D eigenvalue weighted by Crippen LogP contribution is 2.53. The molecule has 6 rings (SSSR count). The monoisotopic (exact) mass is 612 g/mol. The van der Waals surface area contributed by atoms with E-state index in [-0.39, 0.29) is 22.6 Å². The van der Waals surface area contributed by atoms with Crippen molar-refractivity contribution in [2.24, 2.45) is 11.0 Å². The van der Waals surface area contributed by atoms with E-state index >= 15 is 0 Å². The topological polar surface area (TPSA) is 85.3 Å². The first kappa shape index (κ1) is 28.2. The Bertz CT molecular complexity index is 1460. The molecule has 3 aliphatic rings. The summed E-state index contributed by atoms with van der Waals surface area (Å²) in [5.41, 5.74) is 6.83. The van der Waals surface area contributed by atoms with Gasteiger partial charge in [0.1, 0.15) is 12.0 Å². The van der Waals surface area contributed by atoms with E-state index in [1.807, 2.05) is 36.2 Å². The zero-order valence-corrected chi connectivity index (χ0v) is 25.7. The first-order chi connectivity index (χ1) is 20.0. The Kier molecular flexibility index (Phi) is 8.33. The summed E-state index contributed by atoms with van der Waals surface area (Å²) in [5.74, 6) is 2.82. The number of anilines is 1. The van der Waals surface area contributed by atoms with Crippen molar-refractivity contribution in [2.75, 3.05) is 26.2 Å². The van der Waals surface area contributed by atoms with Crippen LogP contribution in [0.3, 0.4) is 0 Å². The van der Waals surface area contributed by atoms with E-state index in [9.17, 15) is 4.79 Å². The molecule has 0 bridgehead atoms. The van der Waals surface area contributed by atoms with Crippen molar-refractivity contribution in [3.8, 4) is 11.5 Å². The number of aryl methyl sites for hydroxylation is 2. The van der Waals surface area contributed by atoms with Gasteiger partial charge in [-0.05, 0) is 55.5 Å². The molecule has 8 nitrogen and oxygen atoms in total. The molecule has 1 aromatic heterocycles. The molecular weight excluding hydrogens is 580 g/mol. The largest absolute Gasteiger partial charge is 0.493 e. The van der Waals surface area contributed by atoms with E-state index in [4.69, 9.17) is 30.9 Å². The van der Waals surface area contributed by atoms with Crippen LogP contribution in [0, 0.1) is 5.92 Å². The summed E-state index contributed by atoms with van der Waals surface area (Å²) in [6, 6.07) is 12.3.